The van der Waals surface area contributed by atoms with Crippen LogP contribution in [0.4, 0.5) is 0 Å². The lowest BCUT2D eigenvalue weighted by Crippen LogP contribution is -2.09. The molecule has 0 saturated heterocycles. The quantitative estimate of drug-likeness (QED) is 0.0879. The first kappa shape index (κ1) is 55.0. The molecule has 0 unspecified atom stereocenters. The highest BCUT2D eigenvalue weighted by Crippen LogP contribution is 2.49. The number of H-pyrrole nitrogens is 4. The van der Waals surface area contributed by atoms with Gasteiger partial charge in [-0.05, 0) is 208 Å². The van der Waals surface area contributed by atoms with Crippen LogP contribution < -0.4 is 0 Å². The number of allylic oxidation sites excluding steroid dienone is 4. The number of aromatic amines is 4. The second-order valence-corrected chi connectivity index (χ2v) is 23.9. The molecule has 10 heterocycles. The van der Waals surface area contributed by atoms with Crippen molar-refractivity contribution in [2.45, 2.75) is 184 Å². The molecule has 4 aliphatic heterocycles. The molecule has 0 amide bonds. The van der Waals surface area contributed by atoms with E-state index in [0.717, 1.165) is 152 Å². The van der Waals surface area contributed by atoms with Crippen molar-refractivity contribution in [3.8, 4) is 0 Å². The van der Waals surface area contributed by atoms with Crippen molar-refractivity contribution >= 4 is 90.5 Å². The first-order chi connectivity index (χ1) is 39.5. The first-order valence-corrected chi connectivity index (χ1v) is 30.3. The molecular formula is C70H80N8O4. The van der Waals surface area contributed by atoms with Gasteiger partial charge in [0.1, 0.15) is 0 Å². The van der Waals surface area contributed by atoms with E-state index in [0.29, 0.717) is 12.8 Å². The maximum absolute atomic E-state index is 13.1. The number of hydrogen-bond donors (Lipinski definition) is 4. The molecule has 4 atom stereocenters. The number of carbonyl (C=O) groups excluding carboxylic acids is 2. The summed E-state index contributed by atoms with van der Waals surface area (Å²) in [5, 5.41) is 0. The predicted molar refractivity (Wildman–Crippen MR) is 334 cm³/mol. The average molecular weight is 1100 g/mol. The Morgan fingerprint density at radius 3 is 1.21 bits per heavy atom. The van der Waals surface area contributed by atoms with E-state index < -0.39 is 0 Å². The number of aryl methyl sites for hydroxylation is 10. The SMILES string of the molecule is CCC1=C(C)c2cc3[nH]c(c(C)c3CC)c(/C=C/c3c4nc(c5c6[nH]c(cc7nc(cc8[nH]c3c(C)c8CC)C(C)=C7CC)c(C)c6CC5)[C@@H](CCC(=O)OC)[C@@H]4C)c3nc(c4c5[nH]c(cc1n2)c(C)c5CC4)[C@@H](CCC(=O)OC)[C@@H]3C. The minimum Gasteiger partial charge on any atom is -0.469 e. The molecule has 4 N–H and O–H groups in total. The standard InChI is InChI=1S/C70H80N8O4/c1-15-41-33(5)53-29-59-43(17-3)37(9)63(75-59)49(65-39(11)47(25-27-61(79)81-13)69(77-65)51-21-19-45-35(7)55(73-67(45)51)31-57(41)71-53)23-24-50-64-38(10)44(18-4)60(76-64)30-54-34(6)42(16-2)58(72-54)32-56-36(8)46-20-22-52(68(46)74-56)70-48(26-28-62(80)82-14)40(12)66(50)78-70/h23-24,29-32,39-40,47-48,73-76H,15-22,25-28H2,1-14H3/b24-23+,53-29?,54-30?,55-31?,56-32?,57-31?,58-32?,59-29?,60-30?,63-49?,64-50?,65-49?,66-50?,69-51?,70-52?/t39-,40-,47-,48-/m0/s1. The van der Waals surface area contributed by atoms with E-state index in [2.05, 4.69) is 139 Å². The topological polar surface area (TPSA) is 167 Å². The summed E-state index contributed by atoms with van der Waals surface area (Å²) in [5.74, 6) is -0.657. The predicted octanol–water partition coefficient (Wildman–Crippen LogP) is 16.0. The van der Waals surface area contributed by atoms with Crippen molar-refractivity contribution in [2.75, 3.05) is 14.2 Å². The van der Waals surface area contributed by atoms with E-state index in [1.807, 2.05) is 0 Å². The summed E-state index contributed by atoms with van der Waals surface area (Å²) in [6.07, 6.45) is 13.3. The van der Waals surface area contributed by atoms with Gasteiger partial charge in [0, 0.05) is 92.1 Å². The molecule has 6 aliphatic rings. The van der Waals surface area contributed by atoms with Crippen molar-refractivity contribution in [1.29, 1.82) is 0 Å². The summed E-state index contributed by atoms with van der Waals surface area (Å²) in [4.78, 5) is 64.9. The smallest absolute Gasteiger partial charge is 0.305 e. The van der Waals surface area contributed by atoms with Crippen LogP contribution in [0.25, 0.3) is 78.6 Å². The van der Waals surface area contributed by atoms with Gasteiger partial charge in [0.05, 0.1) is 59.4 Å². The number of ether oxygens (including phenoxy) is 2. The molecule has 0 saturated carbocycles. The third-order valence-corrected chi connectivity index (χ3v) is 20.0. The number of methoxy groups -OCH3 is 2. The van der Waals surface area contributed by atoms with Crippen molar-refractivity contribution in [1.82, 2.24) is 39.9 Å². The summed E-state index contributed by atoms with van der Waals surface area (Å²) >= 11 is 0. The zero-order valence-electron chi connectivity index (χ0n) is 50.7. The highest BCUT2D eigenvalue weighted by Gasteiger charge is 2.38. The number of nitrogens with one attached hydrogen (secondary N) is 4. The Morgan fingerprint density at radius 1 is 0.476 bits per heavy atom. The maximum Gasteiger partial charge on any atom is 0.305 e. The van der Waals surface area contributed by atoms with Gasteiger partial charge in [0.15, 0.2) is 0 Å². The number of hydrogen-bond acceptors (Lipinski definition) is 8. The van der Waals surface area contributed by atoms with E-state index in [1.54, 1.807) is 0 Å². The first-order valence-electron chi connectivity index (χ1n) is 30.3. The molecular weight excluding hydrogens is 1020 g/mol. The third-order valence-electron chi connectivity index (χ3n) is 20.0. The van der Waals surface area contributed by atoms with Crippen LogP contribution in [0.1, 0.15) is 230 Å². The second-order valence-electron chi connectivity index (χ2n) is 23.9. The lowest BCUT2D eigenvalue weighted by molar-refractivity contribution is -0.141. The normalized spacial score (nSPS) is 18.3. The fourth-order valence-corrected chi connectivity index (χ4v) is 15.2. The van der Waals surface area contributed by atoms with Crippen molar-refractivity contribution in [2.24, 2.45) is 0 Å². The highest BCUT2D eigenvalue weighted by molar-refractivity contribution is 5.96. The number of carbonyl (C=O) groups is 2. The zero-order valence-corrected chi connectivity index (χ0v) is 50.7. The molecule has 424 valence electrons. The summed E-state index contributed by atoms with van der Waals surface area (Å²) in [6, 6.07) is 9.03. The average Bonchev–Trinajstić information content (AvgIpc) is 4.55. The van der Waals surface area contributed by atoms with Gasteiger partial charge in [-0.15, -0.1) is 0 Å². The molecule has 16 bridgehead atoms. The van der Waals surface area contributed by atoms with E-state index in [1.165, 1.54) is 92.1 Å². The Kier molecular flexibility index (Phi) is 14.3. The van der Waals surface area contributed by atoms with Crippen molar-refractivity contribution < 1.29 is 19.1 Å². The Labute approximate surface area is 481 Å². The number of nitrogens with zero attached hydrogens (tertiary/aromatic N) is 4. The molecule has 12 heteroatoms. The zero-order chi connectivity index (χ0) is 57.7. The Bertz CT molecular complexity index is 3920. The van der Waals surface area contributed by atoms with E-state index in [4.69, 9.17) is 29.4 Å². The van der Waals surface area contributed by atoms with E-state index >= 15 is 0 Å². The summed E-state index contributed by atoms with van der Waals surface area (Å²) in [7, 11) is 2.96. The van der Waals surface area contributed by atoms with Crippen LogP contribution in [0.15, 0.2) is 24.3 Å². The van der Waals surface area contributed by atoms with E-state index in [-0.39, 0.29) is 48.5 Å². The Morgan fingerprint density at radius 2 is 0.841 bits per heavy atom. The molecule has 12 rings (SSSR count). The lowest BCUT2D eigenvalue weighted by atomic mass is 9.84. The molecule has 2 aliphatic carbocycles. The summed E-state index contributed by atoms with van der Waals surface area (Å²) in [6.45, 7) is 26.9. The molecule has 6 aromatic heterocycles. The molecule has 6 aromatic rings. The number of aromatic nitrogens is 8. The van der Waals surface area contributed by atoms with Crippen molar-refractivity contribution in [3.05, 3.63) is 137 Å². The van der Waals surface area contributed by atoms with Gasteiger partial charge in [-0.2, -0.15) is 0 Å². The Hall–Kier alpha value is -7.60. The highest BCUT2D eigenvalue weighted by atomic mass is 16.5. The van der Waals surface area contributed by atoms with Crippen LogP contribution in [0.5, 0.6) is 0 Å². The molecule has 82 heavy (non-hydrogen) atoms. The fourth-order valence-electron chi connectivity index (χ4n) is 15.2. The monoisotopic (exact) mass is 1100 g/mol. The largest absolute Gasteiger partial charge is 0.469 e. The van der Waals surface area contributed by atoms with Gasteiger partial charge in [-0.3, -0.25) is 19.6 Å². The number of fused-ring (bicyclic) bond motifs is 16. The van der Waals surface area contributed by atoms with Gasteiger partial charge in [0.2, 0.25) is 0 Å². The van der Waals surface area contributed by atoms with Gasteiger partial charge in [-0.1, -0.05) is 53.7 Å². The number of esters is 2. The minimum atomic E-state index is -0.218. The lowest BCUT2D eigenvalue weighted by Gasteiger charge is -2.18. The van der Waals surface area contributed by atoms with Crippen LogP contribution in [0.2, 0.25) is 0 Å². The van der Waals surface area contributed by atoms with Gasteiger partial charge in [0.25, 0.3) is 0 Å². The molecule has 0 radical (unpaired) electrons. The van der Waals surface area contributed by atoms with Crippen LogP contribution in [-0.4, -0.2) is 66.0 Å². The Balaban J connectivity index is 1.22. The summed E-state index contributed by atoms with van der Waals surface area (Å²) in [5.41, 5.74) is 35.9. The molecule has 12 nitrogen and oxygen atoms in total. The molecule has 0 aromatic carbocycles. The number of rotatable bonds is 12. The van der Waals surface area contributed by atoms with Gasteiger partial charge >= 0.3 is 11.9 Å². The van der Waals surface area contributed by atoms with Crippen LogP contribution >= 0.6 is 0 Å². The summed E-state index contributed by atoms with van der Waals surface area (Å²) < 4.78 is 10.6. The molecule has 0 spiro atoms. The second kappa shape index (κ2) is 21.3. The van der Waals surface area contributed by atoms with Crippen LogP contribution in [0, 0.1) is 27.7 Å². The molecule has 0 fully saturated rings. The third kappa shape index (κ3) is 8.75. The van der Waals surface area contributed by atoms with E-state index in [9.17, 15) is 9.59 Å². The maximum atomic E-state index is 13.1. The van der Waals surface area contributed by atoms with Gasteiger partial charge < -0.3 is 29.4 Å². The van der Waals surface area contributed by atoms with Gasteiger partial charge in [-0.25, -0.2) is 9.97 Å². The fraction of sp³-hybridized carbons (Fsp3) is 0.429. The minimum absolute atomic E-state index is 0.0477. The van der Waals surface area contributed by atoms with Crippen molar-refractivity contribution in [3.63, 3.8) is 0 Å². The van der Waals surface area contributed by atoms with Crippen LogP contribution in [0.3, 0.4) is 0 Å². The van der Waals surface area contributed by atoms with Crippen LogP contribution in [-0.2, 0) is 57.6 Å².